The Morgan fingerprint density at radius 3 is 2.81 bits per heavy atom. The van der Waals surface area contributed by atoms with Gasteiger partial charge in [-0.15, -0.1) is 0 Å². The van der Waals surface area contributed by atoms with Crippen LogP contribution in [0.5, 0.6) is 0 Å². The lowest BCUT2D eigenvalue weighted by atomic mass is 10.3. The molecule has 0 aliphatic carbocycles. The molecule has 16 heavy (non-hydrogen) atoms. The maximum absolute atomic E-state index is 10.9. The van der Waals surface area contributed by atoms with Crippen LogP contribution in [0.4, 0.5) is 0 Å². The molecule has 0 atom stereocenters. The van der Waals surface area contributed by atoms with Gasteiger partial charge in [0.1, 0.15) is 10.1 Å². The van der Waals surface area contributed by atoms with E-state index in [2.05, 4.69) is 15.0 Å². The molecule has 0 radical (unpaired) electrons. The number of nitrogens with zero attached hydrogens (tertiary/aromatic N) is 3. The van der Waals surface area contributed by atoms with Crippen molar-refractivity contribution in [2.75, 3.05) is 0 Å². The summed E-state index contributed by atoms with van der Waals surface area (Å²) in [5.41, 5.74) is 0.165. The summed E-state index contributed by atoms with van der Waals surface area (Å²) in [6.07, 6.45) is 6.21. The molecule has 80 valence electrons. The van der Waals surface area contributed by atoms with Gasteiger partial charge in [-0.05, 0) is 23.9 Å². The van der Waals surface area contributed by atoms with Crippen molar-refractivity contribution in [1.82, 2.24) is 15.0 Å². The molecule has 0 aliphatic heterocycles. The fourth-order valence-corrected chi connectivity index (χ4v) is 1.88. The van der Waals surface area contributed by atoms with E-state index in [-0.39, 0.29) is 5.56 Å². The first-order valence-corrected chi connectivity index (χ1v) is 5.21. The second kappa shape index (κ2) is 4.71. The Labute approximate surface area is 95.6 Å². The second-order valence-electron chi connectivity index (χ2n) is 2.81. The van der Waals surface area contributed by atoms with Gasteiger partial charge in [0.25, 0.3) is 0 Å². The zero-order chi connectivity index (χ0) is 11.4. The highest BCUT2D eigenvalue weighted by Gasteiger charge is 2.12. The lowest BCUT2D eigenvalue weighted by molar-refractivity contribution is 0.0692. The summed E-state index contributed by atoms with van der Waals surface area (Å²) in [5.74, 6) is -1.00. The molecular formula is C10H7N3O2S. The van der Waals surface area contributed by atoms with Crippen molar-refractivity contribution in [3.05, 3.63) is 42.5 Å². The topological polar surface area (TPSA) is 76.0 Å². The van der Waals surface area contributed by atoms with Gasteiger partial charge < -0.3 is 5.11 Å². The maximum atomic E-state index is 10.9. The molecule has 0 fully saturated rings. The van der Waals surface area contributed by atoms with Gasteiger partial charge in [-0.1, -0.05) is 0 Å². The van der Waals surface area contributed by atoms with Crippen LogP contribution in [0.3, 0.4) is 0 Å². The summed E-state index contributed by atoms with van der Waals surface area (Å²) in [6.45, 7) is 0. The Morgan fingerprint density at radius 1 is 1.25 bits per heavy atom. The van der Waals surface area contributed by atoms with E-state index in [0.29, 0.717) is 10.1 Å². The Kier molecular flexibility index (Phi) is 3.11. The van der Waals surface area contributed by atoms with E-state index in [9.17, 15) is 4.79 Å². The first-order chi connectivity index (χ1) is 7.77. The van der Waals surface area contributed by atoms with Crippen LogP contribution < -0.4 is 0 Å². The molecule has 0 unspecified atom stereocenters. The SMILES string of the molecule is O=C(O)c1cccnc1Sc1cnccn1. The van der Waals surface area contributed by atoms with Crippen molar-refractivity contribution in [2.45, 2.75) is 10.1 Å². The summed E-state index contributed by atoms with van der Waals surface area (Å²) in [4.78, 5) is 22.9. The van der Waals surface area contributed by atoms with Crippen molar-refractivity contribution in [1.29, 1.82) is 0 Å². The first kappa shape index (κ1) is 10.6. The Morgan fingerprint density at radius 2 is 2.12 bits per heavy atom. The molecule has 5 nitrogen and oxygen atoms in total. The number of carbonyl (C=O) groups is 1. The van der Waals surface area contributed by atoms with Crippen LogP contribution in [0.25, 0.3) is 0 Å². The molecule has 2 heterocycles. The van der Waals surface area contributed by atoms with Crippen molar-refractivity contribution in [2.24, 2.45) is 0 Å². The summed E-state index contributed by atoms with van der Waals surface area (Å²) < 4.78 is 0. The van der Waals surface area contributed by atoms with E-state index in [1.165, 1.54) is 17.8 Å². The van der Waals surface area contributed by atoms with Gasteiger partial charge in [0, 0.05) is 18.6 Å². The van der Waals surface area contributed by atoms with Gasteiger partial charge in [0.05, 0.1) is 11.8 Å². The summed E-state index contributed by atoms with van der Waals surface area (Å²) >= 11 is 1.18. The number of hydrogen-bond acceptors (Lipinski definition) is 5. The van der Waals surface area contributed by atoms with Crippen LogP contribution in [0.15, 0.2) is 47.0 Å². The molecule has 2 rings (SSSR count). The smallest absolute Gasteiger partial charge is 0.338 e. The molecule has 0 saturated heterocycles. The van der Waals surface area contributed by atoms with E-state index in [1.807, 2.05) is 0 Å². The molecule has 0 amide bonds. The number of rotatable bonds is 3. The van der Waals surface area contributed by atoms with Crippen molar-refractivity contribution < 1.29 is 9.90 Å². The zero-order valence-electron chi connectivity index (χ0n) is 8.07. The number of carboxylic acid groups (broad SMARTS) is 1. The molecule has 2 aromatic rings. The van der Waals surface area contributed by atoms with E-state index in [1.54, 1.807) is 30.9 Å². The minimum atomic E-state index is -1.00. The zero-order valence-corrected chi connectivity index (χ0v) is 8.89. The number of aromatic carboxylic acids is 1. The Hall–Kier alpha value is -1.95. The first-order valence-electron chi connectivity index (χ1n) is 4.39. The standard InChI is InChI=1S/C10H7N3O2S/c14-10(15)7-2-1-3-13-9(7)16-8-6-11-4-5-12-8/h1-6H,(H,14,15). The van der Waals surface area contributed by atoms with Crippen LogP contribution >= 0.6 is 11.8 Å². The lowest BCUT2D eigenvalue weighted by Crippen LogP contribution is -2.00. The third kappa shape index (κ3) is 2.34. The molecule has 0 aromatic carbocycles. The van der Waals surface area contributed by atoms with Gasteiger partial charge in [-0.25, -0.2) is 14.8 Å². The van der Waals surface area contributed by atoms with Gasteiger partial charge in [-0.3, -0.25) is 4.98 Å². The number of aromatic nitrogens is 3. The van der Waals surface area contributed by atoms with Crippen LogP contribution in [-0.2, 0) is 0 Å². The minimum Gasteiger partial charge on any atom is -0.478 e. The second-order valence-corrected chi connectivity index (χ2v) is 3.82. The molecule has 0 aliphatic rings. The predicted molar refractivity (Wildman–Crippen MR) is 57.4 cm³/mol. The van der Waals surface area contributed by atoms with Crippen LogP contribution in [0.2, 0.25) is 0 Å². The average Bonchev–Trinajstić information content (AvgIpc) is 2.31. The monoisotopic (exact) mass is 233 g/mol. The van der Waals surface area contributed by atoms with Gasteiger partial charge in [-0.2, -0.15) is 0 Å². The van der Waals surface area contributed by atoms with E-state index >= 15 is 0 Å². The molecule has 1 N–H and O–H groups in total. The summed E-state index contributed by atoms with van der Waals surface area (Å²) in [5, 5.41) is 9.98. The third-order valence-electron chi connectivity index (χ3n) is 1.74. The highest BCUT2D eigenvalue weighted by molar-refractivity contribution is 7.99. The highest BCUT2D eigenvalue weighted by Crippen LogP contribution is 2.25. The fraction of sp³-hybridized carbons (Fsp3) is 0. The van der Waals surface area contributed by atoms with E-state index in [4.69, 9.17) is 5.11 Å². The lowest BCUT2D eigenvalue weighted by Gasteiger charge is -2.02. The van der Waals surface area contributed by atoms with E-state index in [0.717, 1.165) is 0 Å². The Bertz CT molecular complexity index is 504. The average molecular weight is 233 g/mol. The number of pyridine rings is 1. The van der Waals surface area contributed by atoms with Crippen molar-refractivity contribution in [3.63, 3.8) is 0 Å². The molecule has 0 bridgehead atoms. The molecular weight excluding hydrogens is 226 g/mol. The molecule has 0 spiro atoms. The van der Waals surface area contributed by atoms with Crippen molar-refractivity contribution >= 4 is 17.7 Å². The molecule has 0 saturated carbocycles. The highest BCUT2D eigenvalue weighted by atomic mass is 32.2. The fourth-order valence-electron chi connectivity index (χ4n) is 1.07. The predicted octanol–water partition coefficient (Wildman–Crippen LogP) is 1.72. The Balaban J connectivity index is 2.31. The van der Waals surface area contributed by atoms with Crippen LogP contribution in [0.1, 0.15) is 10.4 Å². The van der Waals surface area contributed by atoms with E-state index < -0.39 is 5.97 Å². The molecule has 2 aromatic heterocycles. The third-order valence-corrected chi connectivity index (χ3v) is 2.68. The maximum Gasteiger partial charge on any atom is 0.338 e. The normalized spacial score (nSPS) is 10.0. The van der Waals surface area contributed by atoms with Gasteiger partial charge >= 0.3 is 5.97 Å². The quantitative estimate of drug-likeness (QED) is 0.869. The number of hydrogen-bond donors (Lipinski definition) is 1. The van der Waals surface area contributed by atoms with Gasteiger partial charge in [0.15, 0.2) is 0 Å². The number of carboxylic acids is 1. The molecule has 6 heteroatoms. The van der Waals surface area contributed by atoms with Gasteiger partial charge in [0.2, 0.25) is 0 Å². The van der Waals surface area contributed by atoms with Crippen LogP contribution in [0, 0.1) is 0 Å². The summed E-state index contributed by atoms with van der Waals surface area (Å²) in [7, 11) is 0. The van der Waals surface area contributed by atoms with Crippen LogP contribution in [-0.4, -0.2) is 26.0 Å². The summed E-state index contributed by atoms with van der Waals surface area (Å²) in [6, 6.07) is 3.10. The van der Waals surface area contributed by atoms with Crippen molar-refractivity contribution in [3.8, 4) is 0 Å². The largest absolute Gasteiger partial charge is 0.478 e. The minimum absolute atomic E-state index is 0.165.